The van der Waals surface area contributed by atoms with Crippen LogP contribution in [0, 0.1) is 0 Å². The van der Waals surface area contributed by atoms with Gasteiger partial charge in [0.05, 0.1) is 33.2 Å². The molecule has 188 valence electrons. The first-order valence-corrected chi connectivity index (χ1v) is 13.4. The molecule has 1 aromatic heterocycles. The molecule has 0 unspecified atom stereocenters. The van der Waals surface area contributed by atoms with Gasteiger partial charge in [-0.25, -0.2) is 18.2 Å². The molecule has 1 aromatic carbocycles. The second kappa shape index (κ2) is 10.2. The van der Waals surface area contributed by atoms with Crippen molar-refractivity contribution in [1.82, 2.24) is 9.88 Å². The van der Waals surface area contributed by atoms with E-state index in [-0.39, 0.29) is 23.7 Å². The number of hydrogen-bond acceptors (Lipinski definition) is 8. The van der Waals surface area contributed by atoms with Gasteiger partial charge >= 0.3 is 6.09 Å². The van der Waals surface area contributed by atoms with Crippen LogP contribution in [0.15, 0.2) is 35.4 Å². The van der Waals surface area contributed by atoms with Crippen molar-refractivity contribution in [2.24, 2.45) is 0 Å². The summed E-state index contributed by atoms with van der Waals surface area (Å²) < 4.78 is 35.5. The highest BCUT2D eigenvalue weighted by Gasteiger charge is 2.36. The third kappa shape index (κ3) is 5.32. The van der Waals surface area contributed by atoms with Gasteiger partial charge in [-0.2, -0.15) is 0 Å². The number of sulfone groups is 1. The first-order chi connectivity index (χ1) is 16.6. The number of anilines is 2. The molecule has 10 nitrogen and oxygen atoms in total. The maximum Gasteiger partial charge on any atom is 0.414 e. The van der Waals surface area contributed by atoms with Gasteiger partial charge in [-0.1, -0.05) is 23.2 Å². The Kier molecular flexibility index (Phi) is 7.41. The van der Waals surface area contributed by atoms with E-state index in [1.165, 1.54) is 30.3 Å². The van der Waals surface area contributed by atoms with Crippen LogP contribution >= 0.6 is 23.2 Å². The zero-order valence-corrected chi connectivity index (χ0v) is 21.4. The smallest absolute Gasteiger partial charge is 0.414 e. The van der Waals surface area contributed by atoms with Gasteiger partial charge in [0.15, 0.2) is 9.84 Å². The average molecular weight is 543 g/mol. The van der Waals surface area contributed by atoms with Gasteiger partial charge in [-0.3, -0.25) is 9.69 Å². The van der Waals surface area contributed by atoms with Gasteiger partial charge in [-0.05, 0) is 24.3 Å². The summed E-state index contributed by atoms with van der Waals surface area (Å²) in [5.41, 5.74) is 0.364. The lowest BCUT2D eigenvalue weighted by Gasteiger charge is -2.36. The van der Waals surface area contributed by atoms with Crippen LogP contribution in [0.5, 0.6) is 0 Å². The fraction of sp³-hybridized carbons (Fsp3) is 0.409. The number of ether oxygens (including phenoxy) is 2. The van der Waals surface area contributed by atoms with E-state index in [2.05, 4.69) is 4.98 Å². The number of carbonyl (C=O) groups excluding carboxylic acids is 2. The lowest BCUT2D eigenvalue weighted by Crippen LogP contribution is -2.49. The molecule has 0 radical (unpaired) electrons. The van der Waals surface area contributed by atoms with Crippen LogP contribution in [0.2, 0.25) is 10.0 Å². The minimum atomic E-state index is -3.79. The number of nitrogens with zero attached hydrogens (tertiary/aromatic N) is 4. The molecule has 13 heteroatoms. The minimum Gasteiger partial charge on any atom is -0.447 e. The summed E-state index contributed by atoms with van der Waals surface area (Å²) in [6, 6.07) is 5.53. The summed E-state index contributed by atoms with van der Waals surface area (Å²) >= 11 is 12.2. The van der Waals surface area contributed by atoms with Gasteiger partial charge in [-0.15, -0.1) is 0 Å². The van der Waals surface area contributed by atoms with Gasteiger partial charge in [0.1, 0.15) is 12.4 Å². The highest BCUT2D eigenvalue weighted by Crippen LogP contribution is 2.30. The van der Waals surface area contributed by atoms with Gasteiger partial charge in [0.25, 0.3) is 5.91 Å². The van der Waals surface area contributed by atoms with E-state index in [0.29, 0.717) is 47.7 Å². The molecule has 4 rings (SSSR count). The van der Waals surface area contributed by atoms with E-state index in [4.69, 9.17) is 32.7 Å². The molecule has 0 saturated carbocycles. The van der Waals surface area contributed by atoms with Gasteiger partial charge in [0.2, 0.25) is 0 Å². The van der Waals surface area contributed by atoms with Crippen LogP contribution in [0.3, 0.4) is 0 Å². The van der Waals surface area contributed by atoms with Crippen LogP contribution in [0.25, 0.3) is 0 Å². The predicted molar refractivity (Wildman–Crippen MR) is 131 cm³/mol. The Morgan fingerprint density at radius 2 is 1.91 bits per heavy atom. The van der Waals surface area contributed by atoms with Gasteiger partial charge < -0.3 is 19.3 Å². The monoisotopic (exact) mass is 542 g/mol. The number of carbonyl (C=O) groups is 2. The topological polar surface area (TPSA) is 109 Å². The molecule has 2 saturated heterocycles. The average Bonchev–Trinajstić information content (AvgIpc) is 3.18. The fourth-order valence-electron chi connectivity index (χ4n) is 4.17. The highest BCUT2D eigenvalue weighted by molar-refractivity contribution is 7.90. The quantitative estimate of drug-likeness (QED) is 0.548. The second-order valence-electron chi connectivity index (χ2n) is 8.25. The Labute approximate surface area is 213 Å². The van der Waals surface area contributed by atoms with Crippen molar-refractivity contribution in [2.75, 3.05) is 62.6 Å². The normalized spacial score (nSPS) is 18.7. The van der Waals surface area contributed by atoms with Crippen molar-refractivity contribution >= 4 is 56.5 Å². The first kappa shape index (κ1) is 25.5. The van der Waals surface area contributed by atoms with E-state index in [9.17, 15) is 18.0 Å². The van der Waals surface area contributed by atoms with E-state index < -0.39 is 27.9 Å². The molecule has 2 amide bonds. The molecule has 1 atom stereocenters. The molecule has 2 aliphatic rings. The Morgan fingerprint density at radius 3 is 2.54 bits per heavy atom. The SMILES string of the molecule is COC[C@@H]1COC(=O)N1c1ccc(C(=O)N2CCN(c3ncc(Cl)cc3Cl)CC2)c(S(C)(=O)=O)c1. The van der Waals surface area contributed by atoms with Crippen LogP contribution < -0.4 is 9.80 Å². The van der Waals surface area contributed by atoms with E-state index in [1.807, 2.05) is 4.90 Å². The standard InChI is InChI=1S/C22H24Cl2N4O6S/c1-33-12-16-13-34-22(30)28(16)15-3-4-17(19(10-15)35(2,31)32)21(29)27-7-5-26(6-8-27)20-18(24)9-14(23)11-25-20/h3-4,9-11,16H,5-8,12-13H2,1-2H3/t16-/m1/s1. The summed E-state index contributed by atoms with van der Waals surface area (Å²) in [6.07, 6.45) is 1.94. The number of cyclic esters (lactones) is 1. The number of rotatable bonds is 6. The number of hydrogen-bond donors (Lipinski definition) is 0. The summed E-state index contributed by atoms with van der Waals surface area (Å²) in [5, 5.41) is 0.847. The Balaban J connectivity index is 1.56. The van der Waals surface area contributed by atoms with Crippen LogP contribution in [-0.2, 0) is 19.3 Å². The Bertz CT molecular complexity index is 1250. The summed E-state index contributed by atoms with van der Waals surface area (Å²) in [5.74, 6) is 0.164. The number of pyridine rings is 1. The lowest BCUT2D eigenvalue weighted by molar-refractivity contribution is 0.0742. The molecular formula is C22H24Cl2N4O6S. The third-order valence-corrected chi connectivity index (χ3v) is 7.47. The fourth-order valence-corrected chi connectivity index (χ4v) is 5.56. The minimum absolute atomic E-state index is 0.0446. The lowest BCUT2D eigenvalue weighted by atomic mass is 10.1. The number of amides is 2. The second-order valence-corrected chi connectivity index (χ2v) is 11.1. The molecule has 2 fully saturated rings. The maximum atomic E-state index is 13.3. The van der Waals surface area contributed by atoms with Crippen LogP contribution in [-0.4, -0.2) is 89.1 Å². The zero-order chi connectivity index (χ0) is 25.3. The Morgan fingerprint density at radius 1 is 1.20 bits per heavy atom. The number of benzene rings is 1. The van der Waals surface area contributed by atoms with Crippen molar-refractivity contribution in [3.05, 3.63) is 46.1 Å². The van der Waals surface area contributed by atoms with E-state index >= 15 is 0 Å². The molecule has 0 aliphatic carbocycles. The maximum absolute atomic E-state index is 13.3. The van der Waals surface area contributed by atoms with Crippen molar-refractivity contribution in [3.8, 4) is 0 Å². The molecule has 2 aliphatic heterocycles. The number of aromatic nitrogens is 1. The van der Waals surface area contributed by atoms with E-state index in [0.717, 1.165) is 6.26 Å². The predicted octanol–water partition coefficient (Wildman–Crippen LogP) is 2.73. The zero-order valence-electron chi connectivity index (χ0n) is 19.1. The van der Waals surface area contributed by atoms with Crippen molar-refractivity contribution in [2.45, 2.75) is 10.9 Å². The van der Waals surface area contributed by atoms with Crippen molar-refractivity contribution in [1.29, 1.82) is 0 Å². The third-order valence-electron chi connectivity index (χ3n) is 5.85. The molecule has 0 bridgehead atoms. The largest absolute Gasteiger partial charge is 0.447 e. The van der Waals surface area contributed by atoms with Crippen molar-refractivity contribution in [3.63, 3.8) is 0 Å². The molecule has 3 heterocycles. The first-order valence-electron chi connectivity index (χ1n) is 10.7. The highest BCUT2D eigenvalue weighted by atomic mass is 35.5. The molecule has 0 spiro atoms. The summed E-state index contributed by atoms with van der Waals surface area (Å²) in [7, 11) is -2.29. The van der Waals surface area contributed by atoms with Crippen LogP contribution in [0.4, 0.5) is 16.3 Å². The Hall–Kier alpha value is -2.60. The molecular weight excluding hydrogens is 519 g/mol. The van der Waals surface area contributed by atoms with Crippen molar-refractivity contribution < 1.29 is 27.5 Å². The van der Waals surface area contributed by atoms with Gasteiger partial charge in [0, 0.05) is 51.4 Å². The number of methoxy groups -OCH3 is 1. The molecule has 35 heavy (non-hydrogen) atoms. The number of halogens is 2. The molecule has 2 aromatic rings. The molecule has 0 N–H and O–H groups in total. The summed E-state index contributed by atoms with van der Waals surface area (Å²) in [4.78, 5) is 34.6. The van der Waals surface area contributed by atoms with E-state index in [1.54, 1.807) is 17.0 Å². The number of piperazine rings is 1. The summed E-state index contributed by atoms with van der Waals surface area (Å²) in [6.45, 7) is 1.96. The van der Waals surface area contributed by atoms with Crippen LogP contribution in [0.1, 0.15) is 10.4 Å².